The summed E-state index contributed by atoms with van der Waals surface area (Å²) in [5.41, 5.74) is 6.29. The van der Waals surface area contributed by atoms with Crippen LogP contribution < -0.4 is 5.73 Å². The molecule has 0 saturated carbocycles. The summed E-state index contributed by atoms with van der Waals surface area (Å²) < 4.78 is 6.97. The topological polar surface area (TPSA) is 38.5 Å². The monoisotopic (exact) mass is 332 g/mol. The van der Waals surface area contributed by atoms with E-state index in [1.165, 1.54) is 11.3 Å². The van der Waals surface area contributed by atoms with Crippen LogP contribution in [0.5, 0.6) is 0 Å². The highest BCUT2D eigenvalue weighted by molar-refractivity contribution is 9.10. The van der Waals surface area contributed by atoms with Crippen LogP contribution >= 0.6 is 27.3 Å². The third-order valence-electron chi connectivity index (χ3n) is 3.25. The zero-order valence-electron chi connectivity index (χ0n) is 10.8. The number of halogens is 1. The Kier molecular flexibility index (Phi) is 5.63. The first-order chi connectivity index (χ1) is 8.69. The maximum absolute atomic E-state index is 6.29. The average Bonchev–Trinajstić information content (AvgIpc) is 2.75. The van der Waals surface area contributed by atoms with Crippen LogP contribution in [0.15, 0.2) is 15.9 Å². The Bertz CT molecular complexity index is 370. The summed E-state index contributed by atoms with van der Waals surface area (Å²) in [4.78, 5) is 3.78. The van der Waals surface area contributed by atoms with Crippen molar-refractivity contribution in [3.8, 4) is 0 Å². The molecule has 1 aromatic heterocycles. The highest BCUT2D eigenvalue weighted by Crippen LogP contribution is 2.22. The molecule has 0 radical (unpaired) electrons. The lowest BCUT2D eigenvalue weighted by molar-refractivity contribution is -0.0399. The van der Waals surface area contributed by atoms with Crippen LogP contribution in [0.4, 0.5) is 0 Å². The highest BCUT2D eigenvalue weighted by Gasteiger charge is 2.25. The van der Waals surface area contributed by atoms with Crippen molar-refractivity contribution < 1.29 is 4.74 Å². The Morgan fingerprint density at radius 2 is 2.50 bits per heavy atom. The molecular formula is C13H21BrN2OS. The number of nitrogens with zero attached hydrogens (tertiary/aromatic N) is 1. The van der Waals surface area contributed by atoms with Crippen molar-refractivity contribution in [3.63, 3.8) is 0 Å². The Labute approximate surface area is 121 Å². The van der Waals surface area contributed by atoms with Gasteiger partial charge in [-0.3, -0.25) is 4.90 Å². The molecule has 1 aliphatic rings. The van der Waals surface area contributed by atoms with Gasteiger partial charge in [-0.25, -0.2) is 0 Å². The fourth-order valence-electron chi connectivity index (χ4n) is 2.33. The Hall–Kier alpha value is 0.0600. The molecule has 0 amide bonds. The summed E-state index contributed by atoms with van der Waals surface area (Å²) in [5.74, 6) is 0. The quantitative estimate of drug-likeness (QED) is 0.900. The molecule has 2 N–H and O–H groups in total. The van der Waals surface area contributed by atoms with E-state index >= 15 is 0 Å². The molecule has 1 fully saturated rings. The number of nitrogens with two attached hydrogens (primary N) is 1. The van der Waals surface area contributed by atoms with Gasteiger partial charge in [-0.05, 0) is 41.4 Å². The third kappa shape index (κ3) is 4.03. The van der Waals surface area contributed by atoms with Crippen molar-refractivity contribution in [2.24, 2.45) is 5.73 Å². The lowest BCUT2D eigenvalue weighted by atomic mass is 10.1. The number of hydrogen-bond donors (Lipinski definition) is 1. The minimum Gasteiger partial charge on any atom is -0.374 e. The molecule has 1 aliphatic heterocycles. The van der Waals surface area contributed by atoms with Crippen LogP contribution in [0.3, 0.4) is 0 Å². The zero-order chi connectivity index (χ0) is 13.0. The Morgan fingerprint density at radius 3 is 3.17 bits per heavy atom. The van der Waals surface area contributed by atoms with Gasteiger partial charge in [-0.2, -0.15) is 0 Å². The van der Waals surface area contributed by atoms with Gasteiger partial charge in [-0.1, -0.05) is 6.92 Å². The van der Waals surface area contributed by atoms with Gasteiger partial charge in [0.25, 0.3) is 0 Å². The third-order valence-corrected chi connectivity index (χ3v) is 4.97. The summed E-state index contributed by atoms with van der Waals surface area (Å²) in [6.07, 6.45) is 2.27. The molecular weight excluding hydrogens is 312 g/mol. The largest absolute Gasteiger partial charge is 0.374 e. The summed E-state index contributed by atoms with van der Waals surface area (Å²) in [6, 6.07) is 2.24. The summed E-state index contributed by atoms with van der Waals surface area (Å²) >= 11 is 5.24. The van der Waals surface area contributed by atoms with Gasteiger partial charge in [0.15, 0.2) is 0 Å². The van der Waals surface area contributed by atoms with E-state index in [1.54, 1.807) is 11.3 Å². The average molecular weight is 333 g/mol. The van der Waals surface area contributed by atoms with Gasteiger partial charge in [0.2, 0.25) is 0 Å². The second-order valence-electron chi connectivity index (χ2n) is 4.81. The van der Waals surface area contributed by atoms with Crippen LogP contribution in [-0.4, -0.2) is 43.3 Å². The summed E-state index contributed by atoms with van der Waals surface area (Å²) in [5, 5.41) is 2.10. The molecule has 2 rings (SSSR count). The molecule has 5 heteroatoms. The Balaban J connectivity index is 1.86. The van der Waals surface area contributed by atoms with Gasteiger partial charge in [-0.15, -0.1) is 11.3 Å². The van der Waals surface area contributed by atoms with Crippen molar-refractivity contribution in [1.82, 2.24) is 4.90 Å². The van der Waals surface area contributed by atoms with Gasteiger partial charge in [0.1, 0.15) is 0 Å². The molecule has 0 bridgehead atoms. The predicted molar refractivity (Wildman–Crippen MR) is 80.2 cm³/mol. The van der Waals surface area contributed by atoms with E-state index in [-0.39, 0.29) is 12.1 Å². The molecule has 2 heterocycles. The van der Waals surface area contributed by atoms with E-state index in [9.17, 15) is 0 Å². The first-order valence-corrected chi connectivity index (χ1v) is 8.18. The van der Waals surface area contributed by atoms with Gasteiger partial charge < -0.3 is 10.5 Å². The molecule has 2 atom stereocenters. The van der Waals surface area contributed by atoms with Crippen molar-refractivity contribution in [2.45, 2.75) is 31.9 Å². The van der Waals surface area contributed by atoms with Crippen molar-refractivity contribution >= 4 is 27.3 Å². The first-order valence-electron chi connectivity index (χ1n) is 6.51. The molecule has 0 aromatic carbocycles. The fraction of sp³-hybridized carbons (Fsp3) is 0.692. The second-order valence-corrected chi connectivity index (χ2v) is 6.72. The van der Waals surface area contributed by atoms with Crippen LogP contribution in [0.25, 0.3) is 0 Å². The lowest BCUT2D eigenvalue weighted by Gasteiger charge is -2.35. The number of thiophene rings is 1. The van der Waals surface area contributed by atoms with E-state index in [4.69, 9.17) is 10.5 Å². The minimum atomic E-state index is 0.0928. The van der Waals surface area contributed by atoms with E-state index in [0.29, 0.717) is 0 Å². The van der Waals surface area contributed by atoms with E-state index in [2.05, 4.69) is 39.2 Å². The van der Waals surface area contributed by atoms with Crippen LogP contribution in [0, 0.1) is 0 Å². The van der Waals surface area contributed by atoms with Gasteiger partial charge in [0, 0.05) is 33.9 Å². The van der Waals surface area contributed by atoms with E-state index in [0.717, 1.165) is 37.1 Å². The molecule has 0 aliphatic carbocycles. The Morgan fingerprint density at radius 1 is 1.67 bits per heavy atom. The predicted octanol–water partition coefficient (Wildman–Crippen LogP) is 2.49. The minimum absolute atomic E-state index is 0.0928. The summed E-state index contributed by atoms with van der Waals surface area (Å²) in [7, 11) is 0. The second kappa shape index (κ2) is 7.01. The lowest BCUT2D eigenvalue weighted by Crippen LogP contribution is -2.51. The number of ether oxygens (including phenoxy) is 1. The molecule has 18 heavy (non-hydrogen) atoms. The van der Waals surface area contributed by atoms with Crippen molar-refractivity contribution in [1.29, 1.82) is 0 Å². The maximum Gasteiger partial charge on any atom is 0.0856 e. The van der Waals surface area contributed by atoms with E-state index < -0.39 is 0 Å². The maximum atomic E-state index is 6.29. The zero-order valence-corrected chi connectivity index (χ0v) is 13.2. The van der Waals surface area contributed by atoms with Crippen LogP contribution in [0.1, 0.15) is 18.2 Å². The standard InChI is InChI=1S/C13H21BrN2OS/c1-2-3-16-4-5-17-13(8-16)12(15)7-11-6-10(14)9-18-11/h6,9,12-13H,2-5,7-8,15H2,1H3. The molecule has 1 saturated heterocycles. The SMILES string of the molecule is CCCN1CCOC(C(N)Cc2cc(Br)cs2)C1. The van der Waals surface area contributed by atoms with E-state index in [1.807, 2.05) is 0 Å². The highest BCUT2D eigenvalue weighted by atomic mass is 79.9. The number of rotatable bonds is 5. The van der Waals surface area contributed by atoms with Gasteiger partial charge >= 0.3 is 0 Å². The van der Waals surface area contributed by atoms with Crippen LogP contribution in [0.2, 0.25) is 0 Å². The molecule has 0 spiro atoms. The fourth-order valence-corrected chi connectivity index (χ4v) is 3.86. The molecule has 3 nitrogen and oxygen atoms in total. The normalized spacial score (nSPS) is 23.2. The van der Waals surface area contributed by atoms with Gasteiger partial charge in [0.05, 0.1) is 12.7 Å². The van der Waals surface area contributed by atoms with Crippen molar-refractivity contribution in [2.75, 3.05) is 26.2 Å². The number of morpholine rings is 1. The summed E-state index contributed by atoms with van der Waals surface area (Å²) in [6.45, 7) is 6.19. The van der Waals surface area contributed by atoms with Crippen molar-refractivity contribution in [3.05, 3.63) is 20.8 Å². The molecule has 102 valence electrons. The molecule has 2 unspecified atom stereocenters. The van der Waals surface area contributed by atoms with Crippen LogP contribution in [-0.2, 0) is 11.2 Å². The smallest absolute Gasteiger partial charge is 0.0856 e. The first kappa shape index (κ1) is 14.5. The number of hydrogen-bond acceptors (Lipinski definition) is 4. The molecule has 1 aromatic rings.